The first-order chi connectivity index (χ1) is 9.50. The molecule has 0 fully saturated rings. The number of aryl methyl sites for hydroxylation is 1. The topological polar surface area (TPSA) is 85.9 Å². The number of nitro groups is 1. The molecule has 0 saturated heterocycles. The Morgan fingerprint density at radius 3 is 2.85 bits per heavy atom. The van der Waals surface area contributed by atoms with Crippen molar-refractivity contribution in [1.29, 1.82) is 0 Å². The van der Waals surface area contributed by atoms with E-state index in [4.69, 9.17) is 0 Å². The first kappa shape index (κ1) is 14.4. The van der Waals surface area contributed by atoms with Crippen LogP contribution in [-0.4, -0.2) is 26.2 Å². The molecule has 0 bridgehead atoms. The van der Waals surface area contributed by atoms with Crippen molar-refractivity contribution in [2.75, 3.05) is 11.9 Å². The molecular formula is C12H17N5O2S. The summed E-state index contributed by atoms with van der Waals surface area (Å²) in [4.78, 5) is 15.1. The van der Waals surface area contributed by atoms with Crippen LogP contribution in [0.4, 0.5) is 11.5 Å². The zero-order valence-electron chi connectivity index (χ0n) is 11.7. The summed E-state index contributed by atoms with van der Waals surface area (Å²) in [7, 11) is 1.71. The van der Waals surface area contributed by atoms with E-state index in [1.165, 1.54) is 4.68 Å². The summed E-state index contributed by atoms with van der Waals surface area (Å²) in [6.45, 7) is 4.38. The van der Waals surface area contributed by atoms with Gasteiger partial charge in [-0.05, 0) is 0 Å². The summed E-state index contributed by atoms with van der Waals surface area (Å²) in [5.74, 6) is 0.463. The summed E-state index contributed by atoms with van der Waals surface area (Å²) < 4.78 is 1.54. The fraction of sp³-hybridized carbons (Fsp3) is 0.500. The molecule has 0 aliphatic rings. The second-order valence-corrected chi connectivity index (χ2v) is 5.49. The van der Waals surface area contributed by atoms with Gasteiger partial charge in [0.1, 0.15) is 5.69 Å². The highest BCUT2D eigenvalue weighted by Crippen LogP contribution is 2.32. The zero-order chi connectivity index (χ0) is 14.7. The smallest absolute Gasteiger partial charge is 0.334 e. The van der Waals surface area contributed by atoms with Crippen molar-refractivity contribution in [3.8, 4) is 0 Å². The maximum absolute atomic E-state index is 11.3. The van der Waals surface area contributed by atoms with Crippen molar-refractivity contribution >= 4 is 22.8 Å². The van der Waals surface area contributed by atoms with E-state index in [2.05, 4.69) is 15.4 Å². The highest BCUT2D eigenvalue weighted by atomic mass is 32.1. The number of rotatable bonds is 6. The van der Waals surface area contributed by atoms with Crippen molar-refractivity contribution in [1.82, 2.24) is 14.8 Å². The van der Waals surface area contributed by atoms with E-state index in [0.717, 1.165) is 12.1 Å². The van der Waals surface area contributed by atoms with Crippen LogP contribution < -0.4 is 5.32 Å². The molecule has 0 spiro atoms. The Morgan fingerprint density at radius 1 is 1.55 bits per heavy atom. The molecule has 0 radical (unpaired) electrons. The van der Waals surface area contributed by atoms with Gasteiger partial charge in [-0.25, -0.2) is 9.67 Å². The Hall–Kier alpha value is -1.96. The Bertz CT molecular complexity index is 591. The normalized spacial score (nSPS) is 11.0. The monoisotopic (exact) mass is 295 g/mol. The summed E-state index contributed by atoms with van der Waals surface area (Å²) >= 11 is 1.54. The molecule has 0 aromatic carbocycles. The number of aromatic nitrogens is 3. The minimum atomic E-state index is -0.368. The van der Waals surface area contributed by atoms with Crippen molar-refractivity contribution < 1.29 is 4.92 Å². The highest BCUT2D eigenvalue weighted by Gasteiger charge is 2.28. The van der Waals surface area contributed by atoms with E-state index in [-0.39, 0.29) is 16.5 Å². The number of thiazole rings is 1. The summed E-state index contributed by atoms with van der Waals surface area (Å²) in [6.07, 6.45) is 0.725. The van der Waals surface area contributed by atoms with Gasteiger partial charge in [0.25, 0.3) is 0 Å². The molecule has 0 aliphatic carbocycles. The molecule has 0 aliphatic heterocycles. The molecule has 0 unspecified atom stereocenters. The molecule has 0 atom stereocenters. The molecular weight excluding hydrogens is 278 g/mol. The standard InChI is InChI=1S/C12H17N5O2S/c1-8(2)10-11(17(18)19)12(16(3)15-10)13-5-4-9-6-20-7-14-9/h6-8,13H,4-5H2,1-3H3. The van der Waals surface area contributed by atoms with Crippen molar-refractivity contribution in [3.63, 3.8) is 0 Å². The van der Waals surface area contributed by atoms with Crippen LogP contribution in [0.2, 0.25) is 0 Å². The summed E-state index contributed by atoms with van der Waals surface area (Å²) in [5, 5.41) is 20.6. The SMILES string of the molecule is CC(C)c1nn(C)c(NCCc2cscn2)c1[N+](=O)[O-]. The average molecular weight is 295 g/mol. The number of anilines is 1. The third-order valence-corrected chi connectivity index (χ3v) is 3.57. The predicted octanol–water partition coefficient (Wildman–Crippen LogP) is 2.56. The van der Waals surface area contributed by atoms with Crippen molar-refractivity contribution in [2.45, 2.75) is 26.2 Å². The van der Waals surface area contributed by atoms with Crippen LogP contribution in [0.25, 0.3) is 0 Å². The van der Waals surface area contributed by atoms with Crippen LogP contribution in [-0.2, 0) is 13.5 Å². The fourth-order valence-electron chi connectivity index (χ4n) is 1.97. The quantitative estimate of drug-likeness (QED) is 0.654. The molecule has 20 heavy (non-hydrogen) atoms. The molecule has 0 amide bonds. The lowest BCUT2D eigenvalue weighted by Gasteiger charge is -2.05. The summed E-state index contributed by atoms with van der Waals surface area (Å²) in [5.41, 5.74) is 3.34. The Morgan fingerprint density at radius 2 is 2.30 bits per heavy atom. The van der Waals surface area contributed by atoms with E-state index in [9.17, 15) is 10.1 Å². The largest absolute Gasteiger partial charge is 0.364 e. The molecule has 1 N–H and O–H groups in total. The zero-order valence-corrected chi connectivity index (χ0v) is 12.5. The molecule has 7 nitrogen and oxygen atoms in total. The van der Waals surface area contributed by atoms with Crippen LogP contribution in [0.5, 0.6) is 0 Å². The van der Waals surface area contributed by atoms with Crippen LogP contribution in [0, 0.1) is 10.1 Å². The van der Waals surface area contributed by atoms with Gasteiger partial charge in [-0.2, -0.15) is 5.10 Å². The number of nitrogens with one attached hydrogen (secondary N) is 1. The molecule has 108 valence electrons. The lowest BCUT2D eigenvalue weighted by molar-refractivity contribution is -0.384. The van der Waals surface area contributed by atoms with Gasteiger partial charge in [0.05, 0.1) is 16.1 Å². The average Bonchev–Trinajstić information content (AvgIpc) is 2.98. The second kappa shape index (κ2) is 6.00. The van der Waals surface area contributed by atoms with Crippen molar-refractivity contribution in [3.05, 3.63) is 32.4 Å². The van der Waals surface area contributed by atoms with Crippen LogP contribution >= 0.6 is 11.3 Å². The van der Waals surface area contributed by atoms with E-state index in [1.54, 1.807) is 23.9 Å². The first-order valence-electron chi connectivity index (χ1n) is 6.33. The van der Waals surface area contributed by atoms with Gasteiger partial charge in [0.15, 0.2) is 0 Å². The molecule has 2 heterocycles. The van der Waals surface area contributed by atoms with Crippen molar-refractivity contribution in [2.24, 2.45) is 7.05 Å². The lowest BCUT2D eigenvalue weighted by Crippen LogP contribution is -2.10. The van der Waals surface area contributed by atoms with Crippen LogP contribution in [0.1, 0.15) is 31.2 Å². The molecule has 2 aromatic heterocycles. The van der Waals surface area contributed by atoms with Crippen LogP contribution in [0.3, 0.4) is 0 Å². The van der Waals surface area contributed by atoms with Gasteiger partial charge in [0, 0.05) is 31.3 Å². The van der Waals surface area contributed by atoms with Crippen LogP contribution in [0.15, 0.2) is 10.9 Å². The lowest BCUT2D eigenvalue weighted by atomic mass is 10.1. The maximum atomic E-state index is 11.3. The maximum Gasteiger partial charge on any atom is 0.334 e. The minimum Gasteiger partial charge on any atom is -0.364 e. The first-order valence-corrected chi connectivity index (χ1v) is 7.27. The van der Waals surface area contributed by atoms with Gasteiger partial charge in [-0.3, -0.25) is 10.1 Å². The summed E-state index contributed by atoms with van der Waals surface area (Å²) in [6, 6.07) is 0. The minimum absolute atomic E-state index is 0.00990. The molecule has 0 saturated carbocycles. The van der Waals surface area contributed by atoms with E-state index < -0.39 is 0 Å². The number of hydrogen-bond acceptors (Lipinski definition) is 6. The Labute approximate surface area is 120 Å². The third-order valence-electron chi connectivity index (χ3n) is 2.93. The number of nitrogens with zero attached hydrogens (tertiary/aromatic N) is 4. The highest BCUT2D eigenvalue weighted by molar-refractivity contribution is 7.07. The van der Waals surface area contributed by atoms with Gasteiger partial charge in [-0.15, -0.1) is 11.3 Å². The van der Waals surface area contributed by atoms with Gasteiger partial charge in [0.2, 0.25) is 5.82 Å². The Balaban J connectivity index is 2.16. The predicted molar refractivity (Wildman–Crippen MR) is 78.3 cm³/mol. The van der Waals surface area contributed by atoms with E-state index in [1.807, 2.05) is 19.2 Å². The molecule has 8 heteroatoms. The fourth-order valence-corrected chi connectivity index (χ4v) is 2.56. The number of hydrogen-bond donors (Lipinski definition) is 1. The molecule has 2 aromatic rings. The second-order valence-electron chi connectivity index (χ2n) is 4.77. The third kappa shape index (κ3) is 2.96. The Kier molecular flexibility index (Phi) is 4.33. The van der Waals surface area contributed by atoms with E-state index >= 15 is 0 Å². The molecule has 2 rings (SSSR count). The van der Waals surface area contributed by atoms with Gasteiger partial charge < -0.3 is 5.32 Å². The van der Waals surface area contributed by atoms with Gasteiger partial charge in [-0.1, -0.05) is 13.8 Å². The van der Waals surface area contributed by atoms with E-state index in [0.29, 0.717) is 18.1 Å². The van der Waals surface area contributed by atoms with Gasteiger partial charge >= 0.3 is 5.69 Å².